The smallest absolute Gasteiger partial charge is 0.315 e. The molecule has 180 valence electrons. The van der Waals surface area contributed by atoms with Crippen molar-refractivity contribution in [3.05, 3.63) is 118 Å². The van der Waals surface area contributed by atoms with Crippen molar-refractivity contribution in [2.45, 2.75) is 13.0 Å². The Labute approximate surface area is 213 Å². The van der Waals surface area contributed by atoms with E-state index in [1.807, 2.05) is 53.1 Å². The van der Waals surface area contributed by atoms with Gasteiger partial charge in [-0.05, 0) is 36.4 Å². The van der Waals surface area contributed by atoms with Crippen molar-refractivity contribution in [3.63, 3.8) is 0 Å². The summed E-state index contributed by atoms with van der Waals surface area (Å²) < 4.78 is 1.85. The van der Waals surface area contributed by atoms with Gasteiger partial charge in [-0.2, -0.15) is 0 Å². The van der Waals surface area contributed by atoms with Crippen molar-refractivity contribution >= 4 is 35.0 Å². The second-order valence-electron chi connectivity index (χ2n) is 8.50. The van der Waals surface area contributed by atoms with Crippen LogP contribution in [-0.4, -0.2) is 33.7 Å². The van der Waals surface area contributed by atoms with Gasteiger partial charge in [0.25, 0.3) is 5.91 Å². The quantitative estimate of drug-likeness (QED) is 0.377. The average molecular weight is 499 g/mol. The number of carbonyl (C=O) groups excluding carboxylic acids is 3. The maximum Gasteiger partial charge on any atom is 0.315 e. The van der Waals surface area contributed by atoms with Gasteiger partial charge in [-0.25, -0.2) is 4.79 Å². The average Bonchev–Trinajstić information content (AvgIpc) is 3.20. The summed E-state index contributed by atoms with van der Waals surface area (Å²) in [5.41, 5.74) is 9.82. The molecular formula is C28H23ClN4O3. The molecule has 1 aliphatic rings. The van der Waals surface area contributed by atoms with Crippen molar-refractivity contribution < 1.29 is 14.4 Å². The van der Waals surface area contributed by atoms with E-state index >= 15 is 0 Å². The van der Waals surface area contributed by atoms with Gasteiger partial charge in [-0.3, -0.25) is 9.59 Å². The lowest BCUT2D eigenvalue weighted by Crippen LogP contribution is -2.40. The molecule has 3 N–H and O–H groups in total. The molecule has 0 unspecified atom stereocenters. The maximum atomic E-state index is 13.5. The molecular weight excluding hydrogens is 476 g/mol. The Morgan fingerprint density at radius 3 is 2.08 bits per heavy atom. The van der Waals surface area contributed by atoms with Crippen LogP contribution in [0.4, 0.5) is 10.5 Å². The number of hydrogen-bond acceptors (Lipinski definition) is 3. The third-order valence-electron chi connectivity index (χ3n) is 6.28. The molecule has 4 aromatic rings. The lowest BCUT2D eigenvalue weighted by Gasteiger charge is -2.27. The molecule has 1 aliphatic heterocycles. The van der Waals surface area contributed by atoms with Crippen LogP contribution in [0.15, 0.2) is 84.9 Å². The van der Waals surface area contributed by atoms with Crippen LogP contribution < -0.4 is 11.1 Å². The third kappa shape index (κ3) is 4.36. The van der Waals surface area contributed by atoms with Crippen LogP contribution in [0.2, 0.25) is 5.15 Å². The number of nitrogens with two attached hydrogens (primary N) is 1. The van der Waals surface area contributed by atoms with Gasteiger partial charge in [0.1, 0.15) is 5.15 Å². The predicted octanol–water partition coefficient (Wildman–Crippen LogP) is 5.05. The molecule has 0 saturated heterocycles. The zero-order valence-corrected chi connectivity index (χ0v) is 20.0. The third-order valence-corrected chi connectivity index (χ3v) is 6.64. The summed E-state index contributed by atoms with van der Waals surface area (Å²) in [5.74, 6) is -0.503. The summed E-state index contributed by atoms with van der Waals surface area (Å²) in [7, 11) is 0. The Morgan fingerprint density at radius 2 is 1.44 bits per heavy atom. The molecule has 0 saturated carbocycles. The summed E-state index contributed by atoms with van der Waals surface area (Å²) in [5, 5.41) is 3.15. The second-order valence-corrected chi connectivity index (χ2v) is 8.86. The summed E-state index contributed by atoms with van der Waals surface area (Å²) in [6.07, 6.45) is 0.510. The number of benzene rings is 3. The molecule has 1 aromatic heterocycles. The monoisotopic (exact) mass is 498 g/mol. The van der Waals surface area contributed by atoms with Gasteiger partial charge in [0.15, 0.2) is 5.78 Å². The molecule has 8 heteroatoms. The molecule has 0 atom stereocenters. The molecule has 36 heavy (non-hydrogen) atoms. The summed E-state index contributed by atoms with van der Waals surface area (Å²) in [4.78, 5) is 39.5. The zero-order chi connectivity index (χ0) is 25.2. The number of ketones is 1. The fourth-order valence-electron chi connectivity index (χ4n) is 4.50. The Bertz CT molecular complexity index is 1450. The molecule has 0 aliphatic carbocycles. The molecule has 5 rings (SSSR count). The number of fused-ring (bicyclic) bond motifs is 1. The molecule has 0 radical (unpaired) electrons. The van der Waals surface area contributed by atoms with Crippen molar-refractivity contribution in [3.8, 4) is 5.69 Å². The maximum absolute atomic E-state index is 13.5. The fourth-order valence-corrected chi connectivity index (χ4v) is 4.90. The van der Waals surface area contributed by atoms with E-state index in [9.17, 15) is 14.4 Å². The number of urea groups is 1. The van der Waals surface area contributed by atoms with Crippen LogP contribution in [0.25, 0.3) is 5.69 Å². The summed E-state index contributed by atoms with van der Waals surface area (Å²) in [6, 6.07) is 24.7. The van der Waals surface area contributed by atoms with E-state index in [-0.39, 0.29) is 17.5 Å². The van der Waals surface area contributed by atoms with Crippen molar-refractivity contribution in [1.29, 1.82) is 0 Å². The first-order valence-corrected chi connectivity index (χ1v) is 11.8. The molecule has 3 aromatic carbocycles. The Morgan fingerprint density at radius 1 is 0.833 bits per heavy atom. The van der Waals surface area contributed by atoms with E-state index in [4.69, 9.17) is 17.3 Å². The highest BCUT2D eigenvalue weighted by atomic mass is 35.5. The van der Waals surface area contributed by atoms with E-state index in [1.54, 1.807) is 36.4 Å². The minimum Gasteiger partial charge on any atom is -0.351 e. The number of primary amides is 1. The van der Waals surface area contributed by atoms with E-state index < -0.39 is 11.9 Å². The van der Waals surface area contributed by atoms with E-state index in [0.717, 1.165) is 11.4 Å². The normalized spacial score (nSPS) is 12.6. The molecule has 2 heterocycles. The molecule has 0 spiro atoms. The minimum atomic E-state index is -0.547. The number of para-hydroxylation sites is 1. The SMILES string of the molecule is NC(=O)N1CCc2c(c(C(=O)Nc3ccc(C(=O)c4ccccc4)cc3)c(Cl)n2-c2ccccc2)C1. The Balaban J connectivity index is 1.46. The Hall–Kier alpha value is -4.36. The lowest BCUT2D eigenvalue weighted by molar-refractivity contribution is 0.102. The van der Waals surface area contributed by atoms with Gasteiger partial charge in [0.2, 0.25) is 0 Å². The number of nitrogens with one attached hydrogen (secondary N) is 1. The van der Waals surface area contributed by atoms with E-state index in [1.165, 1.54) is 4.90 Å². The minimum absolute atomic E-state index is 0.0999. The van der Waals surface area contributed by atoms with Gasteiger partial charge in [-0.1, -0.05) is 60.1 Å². The number of aromatic nitrogens is 1. The first-order valence-electron chi connectivity index (χ1n) is 11.5. The largest absolute Gasteiger partial charge is 0.351 e. The number of hydrogen-bond donors (Lipinski definition) is 2. The molecule has 3 amide bonds. The first-order chi connectivity index (χ1) is 17.4. The van der Waals surface area contributed by atoms with Crippen LogP contribution in [0.5, 0.6) is 0 Å². The predicted molar refractivity (Wildman–Crippen MR) is 139 cm³/mol. The van der Waals surface area contributed by atoms with Crippen molar-refractivity contribution in [2.24, 2.45) is 5.73 Å². The molecule has 0 fully saturated rings. The fraction of sp³-hybridized carbons (Fsp3) is 0.107. The molecule has 7 nitrogen and oxygen atoms in total. The van der Waals surface area contributed by atoms with Gasteiger partial charge >= 0.3 is 6.03 Å². The van der Waals surface area contributed by atoms with E-state index in [2.05, 4.69) is 5.32 Å². The standard InChI is InChI=1S/C28H23ClN4O3/c29-26-24(22-17-32(28(30)36)16-15-23(22)33(26)21-9-5-2-6-10-21)27(35)31-20-13-11-19(12-14-20)25(34)18-7-3-1-4-8-18/h1-14H,15-17H2,(H2,30,36)(H,31,35). The number of anilines is 1. The van der Waals surface area contributed by atoms with E-state index in [0.29, 0.717) is 40.9 Å². The Kier molecular flexibility index (Phi) is 6.31. The van der Waals surface area contributed by atoms with Crippen LogP contribution in [-0.2, 0) is 13.0 Å². The summed E-state index contributed by atoms with van der Waals surface area (Å²) >= 11 is 6.80. The number of carbonyl (C=O) groups is 3. The van der Waals surface area contributed by atoms with Crippen molar-refractivity contribution in [2.75, 3.05) is 11.9 Å². The van der Waals surface area contributed by atoms with Gasteiger partial charge in [0.05, 0.1) is 12.1 Å². The number of rotatable bonds is 5. The first kappa shape index (κ1) is 23.4. The summed E-state index contributed by atoms with van der Waals surface area (Å²) in [6.45, 7) is 0.630. The number of nitrogens with zero attached hydrogens (tertiary/aromatic N) is 2. The lowest BCUT2D eigenvalue weighted by atomic mass is 10.0. The van der Waals surface area contributed by atoms with Crippen molar-refractivity contribution in [1.82, 2.24) is 9.47 Å². The number of halogens is 1. The van der Waals surface area contributed by atoms with Crippen LogP contribution in [0.3, 0.4) is 0 Å². The van der Waals surface area contributed by atoms with Crippen LogP contribution >= 0.6 is 11.6 Å². The van der Waals surface area contributed by atoms with Gasteiger partial charge in [-0.15, -0.1) is 0 Å². The highest BCUT2D eigenvalue weighted by Crippen LogP contribution is 2.35. The highest BCUT2D eigenvalue weighted by Gasteiger charge is 2.32. The zero-order valence-electron chi connectivity index (χ0n) is 19.3. The topological polar surface area (TPSA) is 97.4 Å². The number of amides is 3. The molecule has 0 bridgehead atoms. The van der Waals surface area contributed by atoms with Crippen LogP contribution in [0.1, 0.15) is 37.5 Å². The van der Waals surface area contributed by atoms with Gasteiger partial charge in [0, 0.05) is 46.7 Å². The highest BCUT2D eigenvalue weighted by molar-refractivity contribution is 6.34. The second kappa shape index (κ2) is 9.71. The van der Waals surface area contributed by atoms with Gasteiger partial charge < -0.3 is 20.5 Å². The van der Waals surface area contributed by atoms with Crippen LogP contribution in [0, 0.1) is 0 Å².